The number of anilines is 1. The average Bonchev–Trinajstić information content (AvgIpc) is 3.08. The Morgan fingerprint density at radius 3 is 3.00 bits per heavy atom. The number of nitrogens with two attached hydrogens (primary N) is 1. The molecule has 0 spiro atoms. The molecule has 2 N–H and O–H groups in total. The quantitative estimate of drug-likeness (QED) is 0.921. The lowest BCUT2D eigenvalue weighted by atomic mass is 9.97. The SMILES string of the molecule is COc1cccc2c1nc(N)n2C1CCN2CCCC2C1. The van der Waals surface area contributed by atoms with Crippen LogP contribution in [0.4, 0.5) is 5.95 Å². The zero-order valence-corrected chi connectivity index (χ0v) is 12.5. The van der Waals surface area contributed by atoms with Crippen molar-refractivity contribution in [2.45, 2.75) is 37.8 Å². The van der Waals surface area contributed by atoms with Crippen molar-refractivity contribution >= 4 is 17.0 Å². The van der Waals surface area contributed by atoms with E-state index in [9.17, 15) is 0 Å². The number of ether oxygens (including phenoxy) is 1. The molecule has 3 heterocycles. The Morgan fingerprint density at radius 1 is 1.24 bits per heavy atom. The number of aromatic nitrogens is 2. The highest BCUT2D eigenvalue weighted by atomic mass is 16.5. The maximum Gasteiger partial charge on any atom is 0.201 e. The molecule has 0 bridgehead atoms. The summed E-state index contributed by atoms with van der Waals surface area (Å²) < 4.78 is 7.64. The molecule has 1 aromatic carbocycles. The molecule has 2 fully saturated rings. The maximum absolute atomic E-state index is 6.23. The van der Waals surface area contributed by atoms with Crippen molar-refractivity contribution in [2.75, 3.05) is 25.9 Å². The van der Waals surface area contributed by atoms with Crippen molar-refractivity contribution in [1.82, 2.24) is 14.5 Å². The van der Waals surface area contributed by atoms with E-state index >= 15 is 0 Å². The van der Waals surface area contributed by atoms with Gasteiger partial charge in [-0.05, 0) is 44.4 Å². The van der Waals surface area contributed by atoms with Crippen LogP contribution in [0.2, 0.25) is 0 Å². The molecule has 1 aromatic heterocycles. The van der Waals surface area contributed by atoms with E-state index in [2.05, 4.69) is 20.5 Å². The summed E-state index contributed by atoms with van der Waals surface area (Å²) in [5.41, 5.74) is 8.21. The van der Waals surface area contributed by atoms with E-state index in [0.29, 0.717) is 12.0 Å². The first-order chi connectivity index (χ1) is 10.3. The first-order valence-corrected chi connectivity index (χ1v) is 7.82. The highest BCUT2D eigenvalue weighted by Crippen LogP contribution is 2.37. The van der Waals surface area contributed by atoms with E-state index in [1.807, 2.05) is 12.1 Å². The zero-order chi connectivity index (χ0) is 14.4. The number of hydrogen-bond acceptors (Lipinski definition) is 4. The van der Waals surface area contributed by atoms with Crippen LogP contribution in [0.15, 0.2) is 18.2 Å². The van der Waals surface area contributed by atoms with Gasteiger partial charge in [0.15, 0.2) is 0 Å². The second kappa shape index (κ2) is 4.91. The first-order valence-electron chi connectivity index (χ1n) is 7.82. The van der Waals surface area contributed by atoms with Gasteiger partial charge in [-0.25, -0.2) is 4.98 Å². The number of hydrogen-bond donors (Lipinski definition) is 1. The Bertz CT molecular complexity index is 666. The van der Waals surface area contributed by atoms with Crippen LogP contribution in [0.3, 0.4) is 0 Å². The van der Waals surface area contributed by atoms with E-state index in [4.69, 9.17) is 10.5 Å². The van der Waals surface area contributed by atoms with Crippen molar-refractivity contribution in [2.24, 2.45) is 0 Å². The summed E-state index contributed by atoms with van der Waals surface area (Å²) in [5, 5.41) is 0. The van der Waals surface area contributed by atoms with Gasteiger partial charge in [0, 0.05) is 18.6 Å². The molecule has 5 heteroatoms. The Labute approximate surface area is 124 Å². The van der Waals surface area contributed by atoms with Gasteiger partial charge >= 0.3 is 0 Å². The molecular formula is C16H22N4O. The minimum absolute atomic E-state index is 0.460. The summed E-state index contributed by atoms with van der Waals surface area (Å²) in [6.07, 6.45) is 5.01. The molecule has 0 radical (unpaired) electrons. The van der Waals surface area contributed by atoms with Crippen LogP contribution in [-0.2, 0) is 0 Å². The van der Waals surface area contributed by atoms with E-state index in [1.165, 1.54) is 32.4 Å². The third kappa shape index (κ3) is 1.99. The van der Waals surface area contributed by atoms with Crippen LogP contribution >= 0.6 is 0 Å². The molecule has 0 amide bonds. The fourth-order valence-electron chi connectivity index (χ4n) is 4.10. The molecule has 2 saturated heterocycles. The van der Waals surface area contributed by atoms with Crippen molar-refractivity contribution in [3.8, 4) is 5.75 Å². The summed E-state index contributed by atoms with van der Waals surface area (Å²) in [5.74, 6) is 1.42. The summed E-state index contributed by atoms with van der Waals surface area (Å²) in [7, 11) is 1.68. The fraction of sp³-hybridized carbons (Fsp3) is 0.562. The predicted octanol–water partition coefficient (Wildman–Crippen LogP) is 2.43. The molecule has 0 saturated carbocycles. The number of nitrogen functional groups attached to an aromatic ring is 1. The number of para-hydroxylation sites is 1. The molecule has 112 valence electrons. The Morgan fingerprint density at radius 2 is 2.14 bits per heavy atom. The molecular weight excluding hydrogens is 264 g/mol. The zero-order valence-electron chi connectivity index (χ0n) is 12.5. The normalized spacial score (nSPS) is 26.1. The molecule has 2 aliphatic heterocycles. The van der Waals surface area contributed by atoms with Crippen molar-refractivity contribution in [3.63, 3.8) is 0 Å². The Kier molecular flexibility index (Phi) is 3.03. The molecule has 2 aromatic rings. The van der Waals surface area contributed by atoms with Gasteiger partial charge in [0.2, 0.25) is 5.95 Å². The highest BCUT2D eigenvalue weighted by molar-refractivity contribution is 5.84. The van der Waals surface area contributed by atoms with Gasteiger partial charge in [-0.1, -0.05) is 6.07 Å². The van der Waals surface area contributed by atoms with Gasteiger partial charge in [-0.2, -0.15) is 0 Å². The topological polar surface area (TPSA) is 56.3 Å². The third-order valence-corrected chi connectivity index (χ3v) is 5.09. The van der Waals surface area contributed by atoms with Gasteiger partial charge in [0.1, 0.15) is 11.3 Å². The molecule has 21 heavy (non-hydrogen) atoms. The van der Waals surface area contributed by atoms with E-state index in [1.54, 1.807) is 7.11 Å². The summed E-state index contributed by atoms with van der Waals surface area (Å²) in [6.45, 7) is 2.45. The Hall–Kier alpha value is -1.75. The lowest BCUT2D eigenvalue weighted by Crippen LogP contribution is -2.38. The molecule has 4 rings (SSSR count). The number of imidazole rings is 1. The first kappa shape index (κ1) is 13.0. The number of benzene rings is 1. The summed E-state index contributed by atoms with van der Waals surface area (Å²) in [6, 6.07) is 7.25. The van der Waals surface area contributed by atoms with Crippen molar-refractivity contribution in [3.05, 3.63) is 18.2 Å². The number of rotatable bonds is 2. The lowest BCUT2D eigenvalue weighted by Gasteiger charge is -2.35. The molecule has 2 aliphatic rings. The van der Waals surface area contributed by atoms with Crippen LogP contribution in [0.25, 0.3) is 11.0 Å². The highest BCUT2D eigenvalue weighted by Gasteiger charge is 2.33. The van der Waals surface area contributed by atoms with Gasteiger partial charge in [0.05, 0.1) is 12.6 Å². The number of methoxy groups -OCH3 is 1. The monoisotopic (exact) mass is 286 g/mol. The van der Waals surface area contributed by atoms with E-state index in [0.717, 1.165) is 29.2 Å². The minimum atomic E-state index is 0.460. The standard InChI is InChI=1S/C16H22N4O/c1-21-14-6-2-5-13-15(14)18-16(17)20(13)12-7-9-19-8-3-4-11(19)10-12/h2,5-6,11-12H,3-4,7-10H2,1H3,(H2,17,18). The lowest BCUT2D eigenvalue weighted by molar-refractivity contribution is 0.158. The van der Waals surface area contributed by atoms with Crippen LogP contribution in [0, 0.1) is 0 Å². The second-order valence-electron chi connectivity index (χ2n) is 6.18. The molecule has 2 unspecified atom stereocenters. The van der Waals surface area contributed by atoms with Crippen LogP contribution in [0.5, 0.6) is 5.75 Å². The van der Waals surface area contributed by atoms with E-state index < -0.39 is 0 Å². The minimum Gasteiger partial charge on any atom is -0.494 e. The van der Waals surface area contributed by atoms with Gasteiger partial charge in [-0.15, -0.1) is 0 Å². The van der Waals surface area contributed by atoms with Gasteiger partial charge in [0.25, 0.3) is 0 Å². The maximum atomic E-state index is 6.23. The van der Waals surface area contributed by atoms with Crippen LogP contribution in [-0.4, -0.2) is 40.7 Å². The summed E-state index contributed by atoms with van der Waals surface area (Å²) >= 11 is 0. The van der Waals surface area contributed by atoms with Gasteiger partial charge < -0.3 is 19.9 Å². The molecule has 2 atom stereocenters. The van der Waals surface area contributed by atoms with Crippen molar-refractivity contribution < 1.29 is 4.74 Å². The largest absolute Gasteiger partial charge is 0.494 e. The molecule has 0 aliphatic carbocycles. The predicted molar refractivity (Wildman–Crippen MR) is 83.6 cm³/mol. The fourth-order valence-corrected chi connectivity index (χ4v) is 4.10. The van der Waals surface area contributed by atoms with Crippen LogP contribution in [0.1, 0.15) is 31.7 Å². The summed E-state index contributed by atoms with van der Waals surface area (Å²) in [4.78, 5) is 7.18. The second-order valence-corrected chi connectivity index (χ2v) is 6.18. The Balaban J connectivity index is 1.74. The number of piperidine rings is 1. The molecule has 5 nitrogen and oxygen atoms in total. The van der Waals surface area contributed by atoms with Crippen molar-refractivity contribution in [1.29, 1.82) is 0 Å². The number of nitrogens with zero attached hydrogens (tertiary/aromatic N) is 3. The average molecular weight is 286 g/mol. The van der Waals surface area contributed by atoms with Gasteiger partial charge in [-0.3, -0.25) is 0 Å². The smallest absolute Gasteiger partial charge is 0.201 e. The number of fused-ring (bicyclic) bond motifs is 2. The van der Waals surface area contributed by atoms with Crippen LogP contribution < -0.4 is 10.5 Å². The van der Waals surface area contributed by atoms with E-state index in [-0.39, 0.29) is 0 Å². The third-order valence-electron chi connectivity index (χ3n) is 5.09.